The summed E-state index contributed by atoms with van der Waals surface area (Å²) in [5.41, 5.74) is -1.44. The van der Waals surface area contributed by atoms with Gasteiger partial charge in [-0.1, -0.05) is 0 Å². The summed E-state index contributed by atoms with van der Waals surface area (Å²) in [5, 5.41) is 0. The smallest absolute Gasteiger partial charge is 0.317 e. The van der Waals surface area contributed by atoms with Gasteiger partial charge in [-0.25, -0.2) is 8.78 Å². The van der Waals surface area contributed by atoms with Crippen LogP contribution in [0.5, 0.6) is 0 Å². The molecule has 1 fully saturated rings. The Morgan fingerprint density at radius 3 is 2.83 bits per heavy atom. The summed E-state index contributed by atoms with van der Waals surface area (Å²) in [5.74, 6) is -2.67. The molecular weight excluding hydrogens is 242 g/mol. The first-order chi connectivity index (χ1) is 8.56. The van der Waals surface area contributed by atoms with Gasteiger partial charge >= 0.3 is 5.97 Å². The van der Waals surface area contributed by atoms with Crippen LogP contribution >= 0.6 is 0 Å². The second kappa shape index (κ2) is 4.48. The molecule has 0 aromatic heterocycles. The van der Waals surface area contributed by atoms with Crippen LogP contribution in [0.4, 0.5) is 8.78 Å². The number of hydrogen-bond donors (Lipinski definition) is 0. The Balaban J connectivity index is 2.46. The van der Waals surface area contributed by atoms with Crippen molar-refractivity contribution in [3.63, 3.8) is 0 Å². The van der Waals surface area contributed by atoms with Gasteiger partial charge in [-0.3, -0.25) is 4.79 Å². The van der Waals surface area contributed by atoms with Gasteiger partial charge < -0.3 is 9.53 Å². The predicted octanol–water partition coefficient (Wildman–Crippen LogP) is 1.98. The minimum atomic E-state index is -1.34. The van der Waals surface area contributed by atoms with E-state index in [1.54, 1.807) is 6.92 Å². The van der Waals surface area contributed by atoms with Crippen LogP contribution in [-0.4, -0.2) is 18.9 Å². The molecule has 1 aliphatic rings. The van der Waals surface area contributed by atoms with Gasteiger partial charge in [0.15, 0.2) is 0 Å². The maximum atomic E-state index is 13.7. The molecule has 0 N–H and O–H groups in total. The molecule has 0 bridgehead atoms. The van der Waals surface area contributed by atoms with Crippen molar-refractivity contribution in [3.05, 3.63) is 35.4 Å². The monoisotopic (exact) mass is 254 g/mol. The second-order valence-corrected chi connectivity index (χ2v) is 4.26. The lowest BCUT2D eigenvalue weighted by molar-refractivity contribution is -0.147. The molecule has 1 aliphatic carbocycles. The van der Waals surface area contributed by atoms with Gasteiger partial charge in [-0.2, -0.15) is 0 Å². The number of rotatable bonds is 4. The van der Waals surface area contributed by atoms with E-state index in [0.717, 1.165) is 18.2 Å². The van der Waals surface area contributed by atoms with Gasteiger partial charge in [-0.05, 0) is 31.5 Å². The van der Waals surface area contributed by atoms with E-state index >= 15 is 0 Å². The van der Waals surface area contributed by atoms with Crippen LogP contribution in [0.1, 0.15) is 18.9 Å². The highest BCUT2D eigenvalue weighted by molar-refractivity contribution is 5.92. The molecule has 3 nitrogen and oxygen atoms in total. The van der Waals surface area contributed by atoms with Crippen LogP contribution in [0.2, 0.25) is 0 Å². The van der Waals surface area contributed by atoms with Gasteiger partial charge in [0.2, 0.25) is 0 Å². The Morgan fingerprint density at radius 2 is 2.28 bits per heavy atom. The first kappa shape index (κ1) is 12.7. The summed E-state index contributed by atoms with van der Waals surface area (Å²) in [4.78, 5) is 22.7. The molecule has 0 saturated heterocycles. The van der Waals surface area contributed by atoms with Crippen LogP contribution in [0, 0.1) is 17.6 Å². The van der Waals surface area contributed by atoms with Crippen molar-refractivity contribution >= 4 is 12.3 Å². The van der Waals surface area contributed by atoms with Gasteiger partial charge in [-0.15, -0.1) is 0 Å². The summed E-state index contributed by atoms with van der Waals surface area (Å²) >= 11 is 0. The van der Waals surface area contributed by atoms with Crippen LogP contribution < -0.4 is 0 Å². The maximum absolute atomic E-state index is 13.7. The van der Waals surface area contributed by atoms with Crippen LogP contribution in [0.25, 0.3) is 0 Å². The summed E-state index contributed by atoms with van der Waals surface area (Å²) in [6, 6.07) is 2.87. The van der Waals surface area contributed by atoms with E-state index in [1.807, 2.05) is 0 Å². The van der Waals surface area contributed by atoms with Crippen LogP contribution in [-0.2, 0) is 19.7 Å². The highest BCUT2D eigenvalue weighted by Crippen LogP contribution is 2.54. The molecular formula is C13H12F2O3. The maximum Gasteiger partial charge on any atom is 0.317 e. The average molecular weight is 254 g/mol. The third kappa shape index (κ3) is 1.79. The molecule has 5 heteroatoms. The summed E-state index contributed by atoms with van der Waals surface area (Å²) in [7, 11) is 0. The molecule has 0 radical (unpaired) electrons. The van der Waals surface area contributed by atoms with Gasteiger partial charge in [0.05, 0.1) is 6.61 Å². The molecule has 96 valence electrons. The number of ether oxygens (including phenoxy) is 1. The van der Waals surface area contributed by atoms with Crippen molar-refractivity contribution in [1.82, 2.24) is 0 Å². The topological polar surface area (TPSA) is 43.4 Å². The number of carbonyl (C=O) groups excluding carboxylic acids is 2. The molecule has 1 saturated carbocycles. The zero-order valence-corrected chi connectivity index (χ0v) is 9.78. The molecule has 2 atom stereocenters. The van der Waals surface area contributed by atoms with E-state index in [-0.39, 0.29) is 18.6 Å². The summed E-state index contributed by atoms with van der Waals surface area (Å²) < 4.78 is 31.8. The standard InChI is InChI=1S/C13H12F2O3/c1-2-18-12(17)13(6-8(13)7-16)10-5-9(14)3-4-11(10)15/h3-5,7-8H,2,6H2,1H3/t8-,13-/m1/s1. The first-order valence-corrected chi connectivity index (χ1v) is 5.64. The summed E-state index contributed by atoms with van der Waals surface area (Å²) in [6.07, 6.45) is 0.747. The van der Waals surface area contributed by atoms with Crippen molar-refractivity contribution in [2.45, 2.75) is 18.8 Å². The largest absolute Gasteiger partial charge is 0.465 e. The van der Waals surface area contributed by atoms with Crippen molar-refractivity contribution in [3.8, 4) is 0 Å². The van der Waals surface area contributed by atoms with E-state index in [9.17, 15) is 18.4 Å². The second-order valence-electron chi connectivity index (χ2n) is 4.26. The van der Waals surface area contributed by atoms with E-state index in [2.05, 4.69) is 0 Å². The third-order valence-corrected chi connectivity index (χ3v) is 3.23. The zero-order chi connectivity index (χ0) is 13.3. The number of hydrogen-bond acceptors (Lipinski definition) is 3. The van der Waals surface area contributed by atoms with E-state index in [1.165, 1.54) is 0 Å². The Morgan fingerprint density at radius 1 is 1.56 bits per heavy atom. The molecule has 0 spiro atoms. The molecule has 0 aliphatic heterocycles. The minimum absolute atomic E-state index is 0.0990. The first-order valence-electron chi connectivity index (χ1n) is 5.64. The third-order valence-electron chi connectivity index (χ3n) is 3.23. The Labute approximate surface area is 103 Å². The van der Waals surface area contributed by atoms with E-state index in [4.69, 9.17) is 4.74 Å². The quantitative estimate of drug-likeness (QED) is 0.609. The molecule has 1 aromatic rings. The number of halogens is 2. The number of benzene rings is 1. The number of aldehydes is 1. The number of esters is 1. The van der Waals surface area contributed by atoms with Gasteiger partial charge in [0.25, 0.3) is 0 Å². The Bertz CT molecular complexity index is 501. The Kier molecular flexibility index (Phi) is 3.15. The lowest BCUT2D eigenvalue weighted by Crippen LogP contribution is -2.27. The van der Waals surface area contributed by atoms with Crippen LogP contribution in [0.15, 0.2) is 18.2 Å². The fourth-order valence-electron chi connectivity index (χ4n) is 2.21. The average Bonchev–Trinajstić information content (AvgIpc) is 3.08. The Hall–Kier alpha value is -1.78. The normalized spacial score (nSPS) is 25.6. The molecule has 2 rings (SSSR count). The molecule has 1 aromatic carbocycles. The van der Waals surface area contributed by atoms with Crippen molar-refractivity contribution in [2.75, 3.05) is 6.61 Å². The minimum Gasteiger partial charge on any atom is -0.465 e. The van der Waals surface area contributed by atoms with Crippen LogP contribution in [0.3, 0.4) is 0 Å². The molecule has 0 heterocycles. The predicted molar refractivity (Wildman–Crippen MR) is 58.8 cm³/mol. The van der Waals surface area contributed by atoms with E-state index in [0.29, 0.717) is 6.29 Å². The molecule has 0 unspecified atom stereocenters. The number of carbonyl (C=O) groups is 2. The zero-order valence-electron chi connectivity index (χ0n) is 9.78. The fourth-order valence-corrected chi connectivity index (χ4v) is 2.21. The van der Waals surface area contributed by atoms with Crippen molar-refractivity contribution in [2.24, 2.45) is 5.92 Å². The van der Waals surface area contributed by atoms with Crippen molar-refractivity contribution in [1.29, 1.82) is 0 Å². The highest BCUT2D eigenvalue weighted by atomic mass is 19.1. The molecule has 0 amide bonds. The van der Waals surface area contributed by atoms with Crippen molar-refractivity contribution < 1.29 is 23.1 Å². The lowest BCUT2D eigenvalue weighted by atomic mass is 9.93. The highest BCUT2D eigenvalue weighted by Gasteiger charge is 2.63. The summed E-state index contributed by atoms with van der Waals surface area (Å²) in [6.45, 7) is 1.74. The lowest BCUT2D eigenvalue weighted by Gasteiger charge is -2.16. The fraction of sp³-hybridized carbons (Fsp3) is 0.385. The molecule has 18 heavy (non-hydrogen) atoms. The van der Waals surface area contributed by atoms with Gasteiger partial charge in [0, 0.05) is 11.5 Å². The van der Waals surface area contributed by atoms with E-state index < -0.39 is 28.9 Å². The van der Waals surface area contributed by atoms with Gasteiger partial charge in [0.1, 0.15) is 23.3 Å². The SMILES string of the molecule is CCOC(=O)[C@]1(c2cc(F)ccc2F)C[C@@H]1C=O.